The lowest BCUT2D eigenvalue weighted by atomic mass is 9.96. The van der Waals surface area contributed by atoms with E-state index in [1.54, 1.807) is 125 Å². The molecule has 9 aromatic carbocycles. The van der Waals surface area contributed by atoms with Crippen molar-refractivity contribution in [3.63, 3.8) is 0 Å². The van der Waals surface area contributed by atoms with E-state index in [4.69, 9.17) is 57.2 Å². The van der Waals surface area contributed by atoms with Crippen LogP contribution < -0.4 is 14.2 Å². The highest BCUT2D eigenvalue weighted by Crippen LogP contribution is 2.34. The van der Waals surface area contributed by atoms with Crippen molar-refractivity contribution in [2.45, 2.75) is 251 Å². The first-order valence-corrected chi connectivity index (χ1v) is 49.6. The molecule has 9 aromatic rings. The molecule has 2 N–H and O–H groups in total. The summed E-state index contributed by atoms with van der Waals surface area (Å²) < 4.78 is 173. The fourth-order valence-corrected chi connectivity index (χ4v) is 14.9. The smallest absolute Gasteiger partial charge is 0.373 e. The largest absolute Gasteiger partial charge is 0.496 e. The van der Waals surface area contributed by atoms with E-state index in [9.17, 15) is 65.2 Å². The molecule has 0 bridgehead atoms. The fraction of sp³-hybridized carbons (Fsp3) is 0.424. The van der Waals surface area contributed by atoms with Crippen LogP contribution in [0.4, 0.5) is 22.0 Å². The number of aliphatic carboxylic acids is 1. The van der Waals surface area contributed by atoms with Crippen LogP contribution in [0.2, 0.25) is 10.0 Å². The SMILES string of the molecule is CC(C)c1cc(OCCC(=O)O)cc(Cl)c1F.CC(C)c1cccc(Cl)c1F.CCc1cc(S(C)(=O)=O)ccc1C(C)C.CCc1cc(S(C)(=O)=O)ccc1C(C)C.COc1cc(S(C)(=O)=O)ccc1C(C)C.COc1cc(S(C)(=O)=O)ccc1C(C)C.Cc1cc(C(=O)O)cc(C(C)C)c1F.Cc1ccc(C(C)C)c(F)c1.Cc1ccc(C(C)C)cc1F.O=C=O. The van der Waals surface area contributed by atoms with E-state index in [1.807, 2.05) is 140 Å². The first kappa shape index (κ1) is 118. The monoisotopic (exact) mass is 1880 g/mol. The van der Waals surface area contributed by atoms with Gasteiger partial charge in [0.1, 0.15) is 46.3 Å². The summed E-state index contributed by atoms with van der Waals surface area (Å²) in [4.78, 5) is 38.7. The van der Waals surface area contributed by atoms with Gasteiger partial charge in [0.15, 0.2) is 39.3 Å². The van der Waals surface area contributed by atoms with Gasteiger partial charge in [-0.15, -0.1) is 0 Å². The lowest BCUT2D eigenvalue weighted by molar-refractivity contribution is -0.191. The first-order chi connectivity index (χ1) is 58.5. The molecule has 0 aromatic heterocycles. The molecule has 0 atom stereocenters. The van der Waals surface area contributed by atoms with Crippen LogP contribution in [0.1, 0.15) is 286 Å². The Morgan fingerprint density at radius 2 is 0.748 bits per heavy atom. The van der Waals surface area contributed by atoms with E-state index in [0.717, 1.165) is 57.3 Å². The molecule has 28 heteroatoms. The molecule has 0 aliphatic heterocycles. The molecular formula is C99H131Cl2F5O17S4. The van der Waals surface area contributed by atoms with E-state index in [2.05, 4.69) is 41.5 Å². The highest BCUT2D eigenvalue weighted by molar-refractivity contribution is 7.91. The van der Waals surface area contributed by atoms with Gasteiger partial charge in [0.2, 0.25) is 0 Å². The van der Waals surface area contributed by atoms with E-state index in [1.165, 1.54) is 54.3 Å². The number of hydrogen-bond donors (Lipinski definition) is 2. The number of carboxylic acid groups (broad SMARTS) is 2. The van der Waals surface area contributed by atoms with Crippen LogP contribution >= 0.6 is 23.2 Å². The highest BCUT2D eigenvalue weighted by atomic mass is 35.5. The predicted octanol–water partition coefficient (Wildman–Crippen LogP) is 25.9. The van der Waals surface area contributed by atoms with Crippen molar-refractivity contribution in [1.29, 1.82) is 0 Å². The molecular weight excluding hydrogens is 1760 g/mol. The summed E-state index contributed by atoms with van der Waals surface area (Å²) >= 11 is 11.3. The average Bonchev–Trinajstić information content (AvgIpc) is 0.831. The normalized spacial score (nSPS) is 11.1. The number of aryl methyl sites for hydroxylation is 5. The van der Waals surface area contributed by atoms with Gasteiger partial charge in [-0.3, -0.25) is 4.79 Å². The number of halogens is 7. The van der Waals surface area contributed by atoms with Crippen molar-refractivity contribution in [2.75, 3.05) is 45.8 Å². The zero-order valence-corrected chi connectivity index (χ0v) is 83.5. The van der Waals surface area contributed by atoms with Crippen molar-refractivity contribution < 1.29 is 99.2 Å². The van der Waals surface area contributed by atoms with E-state index >= 15 is 0 Å². The van der Waals surface area contributed by atoms with Gasteiger partial charge in [0.05, 0.1) is 62.4 Å². The Labute approximate surface area is 763 Å². The number of benzene rings is 9. The van der Waals surface area contributed by atoms with Crippen molar-refractivity contribution in [1.82, 2.24) is 0 Å². The van der Waals surface area contributed by atoms with E-state index in [-0.39, 0.29) is 81.7 Å². The minimum Gasteiger partial charge on any atom is -0.496 e. The summed E-state index contributed by atoms with van der Waals surface area (Å²) in [6.45, 7) is 45.4. The lowest BCUT2D eigenvalue weighted by Gasteiger charge is -2.12. The quantitative estimate of drug-likeness (QED) is 0.0597. The van der Waals surface area contributed by atoms with Gasteiger partial charge in [0, 0.05) is 31.1 Å². The van der Waals surface area contributed by atoms with Crippen LogP contribution in [0.15, 0.2) is 171 Å². The standard InChI is InChI=1S/C12H14ClFO3.2C12H18O2S.C11H13FO2.2C11H16O3S.2C10H13F.C9H10ClF.CO2/c1-7(2)9-5-8(6-10(13)12(9)14)17-4-3-11(15)16;2*1-5-10-8-11(15(4,13)14)6-7-12(10)9(2)3;1-6(2)9-5-8(11(13)14)4-7(3)10(9)12;2*1-8(2)10-6-5-9(15(4,12)13)7-11(10)14-3;1-7(2)9-5-4-8(3)10(11)6-9;1-7(2)9-5-4-8(3)6-10(9)11;1-6(2)7-4-3-5-8(10)9(7)11;2-1-3/h5-7H,3-4H2,1-2H3,(H,15,16);2*6-9H,5H2,1-4H3;4-6H,1-3H3,(H,13,14);2*5-8H,1-4H3;2*4-7H,1-3H3;3-6H,1-2H3;. The van der Waals surface area contributed by atoms with Crippen LogP contribution in [0.25, 0.3) is 0 Å². The average molecular weight is 1890 g/mol. The van der Waals surface area contributed by atoms with Gasteiger partial charge < -0.3 is 24.4 Å². The number of ether oxygens (including phenoxy) is 3. The molecule has 0 amide bonds. The van der Waals surface area contributed by atoms with Crippen LogP contribution in [0.5, 0.6) is 17.2 Å². The van der Waals surface area contributed by atoms with Crippen molar-refractivity contribution >= 4 is 80.6 Å². The minimum absolute atomic E-state index is 0.00648. The van der Waals surface area contributed by atoms with Crippen molar-refractivity contribution in [3.8, 4) is 17.2 Å². The number of sulfone groups is 4. The minimum atomic E-state index is -3.16. The maximum atomic E-state index is 13.6. The molecule has 17 nitrogen and oxygen atoms in total. The molecule has 0 saturated heterocycles. The Hall–Kier alpha value is -9.27. The fourth-order valence-electron chi connectivity index (χ4n) is 11.9. The van der Waals surface area contributed by atoms with Gasteiger partial charge in [-0.2, -0.15) is 9.59 Å². The summed E-state index contributed by atoms with van der Waals surface area (Å²) in [5, 5.41) is 17.4. The Balaban J connectivity index is 0.00000140. The summed E-state index contributed by atoms with van der Waals surface area (Å²) in [5.74, 6) is 0.819. The molecule has 0 aliphatic rings. The molecule has 0 fully saturated rings. The summed E-state index contributed by atoms with van der Waals surface area (Å²) in [6, 6.07) is 42.4. The number of methoxy groups -OCH3 is 2. The van der Waals surface area contributed by atoms with E-state index in [0.29, 0.717) is 88.7 Å². The van der Waals surface area contributed by atoms with Crippen LogP contribution in [-0.4, -0.2) is 108 Å². The Kier molecular flexibility index (Phi) is 51.5. The van der Waals surface area contributed by atoms with Gasteiger partial charge >= 0.3 is 18.1 Å². The first-order valence-electron chi connectivity index (χ1n) is 41.3. The third-order valence-electron chi connectivity index (χ3n) is 19.2. The van der Waals surface area contributed by atoms with Crippen molar-refractivity contribution in [3.05, 3.63) is 274 Å². The number of hydrogen-bond acceptors (Lipinski definition) is 15. The molecule has 0 aliphatic carbocycles. The summed E-state index contributed by atoms with van der Waals surface area (Å²) in [7, 11) is -9.37. The highest BCUT2D eigenvalue weighted by Gasteiger charge is 2.20. The molecule has 127 heavy (non-hydrogen) atoms. The lowest BCUT2D eigenvalue weighted by Crippen LogP contribution is -2.05. The summed E-state index contributed by atoms with van der Waals surface area (Å²) in [5.41, 5.74) is 12.5. The third kappa shape index (κ3) is 41.4. The molecule has 0 radical (unpaired) electrons. The Morgan fingerprint density at radius 1 is 0.386 bits per heavy atom. The van der Waals surface area contributed by atoms with Gasteiger partial charge in [-0.25, -0.2) is 60.4 Å². The number of rotatable bonds is 22. The second-order valence-electron chi connectivity index (χ2n) is 32.8. The van der Waals surface area contributed by atoms with Gasteiger partial charge in [-0.05, 0) is 250 Å². The number of carbonyl (C=O) groups excluding carboxylic acids is 2. The predicted molar refractivity (Wildman–Crippen MR) is 503 cm³/mol. The molecule has 9 rings (SSSR count). The van der Waals surface area contributed by atoms with Gasteiger partial charge in [-0.1, -0.05) is 222 Å². The van der Waals surface area contributed by atoms with Gasteiger partial charge in [0.25, 0.3) is 0 Å². The molecule has 0 unspecified atom stereocenters. The topological polar surface area (TPSA) is 273 Å². The molecule has 0 heterocycles. The zero-order valence-electron chi connectivity index (χ0n) is 78.8. The number of aromatic carboxylic acids is 1. The zero-order chi connectivity index (χ0) is 98.4. The maximum Gasteiger partial charge on any atom is 0.373 e. The Morgan fingerprint density at radius 3 is 1.07 bits per heavy atom. The Bertz CT molecular complexity index is 5220. The molecule has 0 spiro atoms. The second kappa shape index (κ2) is 55.6. The number of carbonyl (C=O) groups is 2. The van der Waals surface area contributed by atoms with E-state index < -0.39 is 57.1 Å². The van der Waals surface area contributed by atoms with Crippen LogP contribution in [0.3, 0.4) is 0 Å². The van der Waals surface area contributed by atoms with Crippen molar-refractivity contribution in [2.24, 2.45) is 0 Å². The summed E-state index contributed by atoms with van der Waals surface area (Å²) in [6.07, 6.45) is 6.76. The molecule has 702 valence electrons. The third-order valence-corrected chi connectivity index (χ3v) is 24.2. The van der Waals surface area contributed by atoms with Crippen LogP contribution in [0, 0.1) is 49.9 Å². The number of carboxylic acids is 2. The molecule has 0 saturated carbocycles. The second-order valence-corrected chi connectivity index (χ2v) is 41.7. The maximum absolute atomic E-state index is 13.6. The van der Waals surface area contributed by atoms with Crippen LogP contribution in [-0.2, 0) is 66.6 Å².